The molecule has 0 saturated carbocycles. The van der Waals surface area contributed by atoms with E-state index in [1.165, 1.54) is 0 Å². The highest BCUT2D eigenvalue weighted by Crippen LogP contribution is 2.17. The molecule has 0 radical (unpaired) electrons. The van der Waals surface area contributed by atoms with Crippen LogP contribution < -0.4 is 16.0 Å². The Kier molecular flexibility index (Phi) is 7.66. The lowest BCUT2D eigenvalue weighted by molar-refractivity contribution is -0.121. The van der Waals surface area contributed by atoms with Gasteiger partial charge in [-0.2, -0.15) is 0 Å². The summed E-state index contributed by atoms with van der Waals surface area (Å²) in [5.41, 5.74) is 2.82. The van der Waals surface area contributed by atoms with Crippen molar-refractivity contribution in [1.29, 1.82) is 0 Å². The zero-order valence-corrected chi connectivity index (χ0v) is 16.6. The molecule has 0 heterocycles. The Morgan fingerprint density at radius 1 is 1.04 bits per heavy atom. The zero-order chi connectivity index (χ0) is 18.9. The van der Waals surface area contributed by atoms with Crippen molar-refractivity contribution in [2.75, 3.05) is 5.32 Å². The number of benzene rings is 2. The SMILES string of the molecule is CC(C)NC(=O)Nc1ccc(CNC(=O)CCc2ccccc2Br)cc1. The Morgan fingerprint density at radius 2 is 1.73 bits per heavy atom. The minimum atomic E-state index is -0.229. The molecule has 138 valence electrons. The molecule has 2 aromatic rings. The van der Waals surface area contributed by atoms with Crippen LogP contribution in [0, 0.1) is 0 Å². The maximum absolute atomic E-state index is 12.0. The van der Waals surface area contributed by atoms with Crippen molar-refractivity contribution in [3.8, 4) is 0 Å². The molecule has 0 unspecified atom stereocenters. The molecule has 0 bridgehead atoms. The number of hydrogen-bond acceptors (Lipinski definition) is 2. The van der Waals surface area contributed by atoms with E-state index in [0.717, 1.165) is 15.6 Å². The molecule has 0 aromatic heterocycles. The van der Waals surface area contributed by atoms with Crippen molar-refractivity contribution in [2.45, 2.75) is 39.3 Å². The number of rotatable bonds is 7. The average Bonchev–Trinajstić information content (AvgIpc) is 2.59. The van der Waals surface area contributed by atoms with Crippen LogP contribution in [0.4, 0.5) is 10.5 Å². The molecule has 0 aliphatic rings. The van der Waals surface area contributed by atoms with Crippen molar-refractivity contribution in [3.05, 3.63) is 64.1 Å². The number of amides is 3. The van der Waals surface area contributed by atoms with Crippen LogP contribution in [0.2, 0.25) is 0 Å². The van der Waals surface area contributed by atoms with Crippen LogP contribution in [0.5, 0.6) is 0 Å². The van der Waals surface area contributed by atoms with Gasteiger partial charge in [0.1, 0.15) is 0 Å². The Hall–Kier alpha value is -2.34. The first-order chi connectivity index (χ1) is 12.4. The van der Waals surface area contributed by atoms with Gasteiger partial charge in [0, 0.05) is 29.2 Å². The van der Waals surface area contributed by atoms with Gasteiger partial charge in [-0.3, -0.25) is 4.79 Å². The molecule has 5 nitrogen and oxygen atoms in total. The second-order valence-electron chi connectivity index (χ2n) is 6.32. The largest absolute Gasteiger partial charge is 0.352 e. The van der Waals surface area contributed by atoms with Crippen LogP contribution in [-0.4, -0.2) is 18.0 Å². The summed E-state index contributed by atoms with van der Waals surface area (Å²) in [7, 11) is 0. The van der Waals surface area contributed by atoms with Gasteiger partial charge in [0.15, 0.2) is 0 Å². The van der Waals surface area contributed by atoms with E-state index in [1.54, 1.807) is 0 Å². The minimum absolute atomic E-state index is 0.0132. The van der Waals surface area contributed by atoms with Gasteiger partial charge in [0.2, 0.25) is 5.91 Å². The first kappa shape index (κ1) is 20.0. The van der Waals surface area contributed by atoms with Gasteiger partial charge < -0.3 is 16.0 Å². The van der Waals surface area contributed by atoms with Crippen molar-refractivity contribution in [2.24, 2.45) is 0 Å². The lowest BCUT2D eigenvalue weighted by Gasteiger charge is -2.11. The second kappa shape index (κ2) is 9.97. The number of urea groups is 1. The third kappa shape index (κ3) is 6.88. The fourth-order valence-electron chi connectivity index (χ4n) is 2.37. The highest BCUT2D eigenvalue weighted by molar-refractivity contribution is 9.10. The molecule has 0 aliphatic carbocycles. The summed E-state index contributed by atoms with van der Waals surface area (Å²) in [4.78, 5) is 23.7. The van der Waals surface area contributed by atoms with Crippen LogP contribution in [0.3, 0.4) is 0 Å². The van der Waals surface area contributed by atoms with Crippen LogP contribution in [0.15, 0.2) is 53.0 Å². The highest BCUT2D eigenvalue weighted by Gasteiger charge is 2.06. The maximum Gasteiger partial charge on any atom is 0.319 e. The summed E-state index contributed by atoms with van der Waals surface area (Å²) in [5.74, 6) is 0.0132. The highest BCUT2D eigenvalue weighted by atomic mass is 79.9. The van der Waals surface area contributed by atoms with E-state index in [1.807, 2.05) is 62.4 Å². The van der Waals surface area contributed by atoms with E-state index in [9.17, 15) is 9.59 Å². The molecule has 3 amide bonds. The lowest BCUT2D eigenvalue weighted by atomic mass is 10.1. The number of carbonyl (C=O) groups excluding carboxylic acids is 2. The summed E-state index contributed by atoms with van der Waals surface area (Å²) in [5, 5.41) is 8.46. The topological polar surface area (TPSA) is 70.2 Å². The fraction of sp³-hybridized carbons (Fsp3) is 0.300. The molecule has 0 spiro atoms. The van der Waals surface area contributed by atoms with E-state index in [-0.39, 0.29) is 18.0 Å². The predicted octanol–water partition coefficient (Wildman–Crippen LogP) is 4.23. The molecule has 0 atom stereocenters. The van der Waals surface area contributed by atoms with E-state index in [2.05, 4.69) is 31.9 Å². The molecule has 3 N–H and O–H groups in total. The van der Waals surface area contributed by atoms with Gasteiger partial charge in [-0.1, -0.05) is 46.3 Å². The van der Waals surface area contributed by atoms with Gasteiger partial charge in [-0.15, -0.1) is 0 Å². The maximum atomic E-state index is 12.0. The number of hydrogen-bond donors (Lipinski definition) is 3. The first-order valence-electron chi connectivity index (χ1n) is 8.60. The monoisotopic (exact) mass is 417 g/mol. The van der Waals surface area contributed by atoms with Gasteiger partial charge in [0.05, 0.1) is 0 Å². The Bertz CT molecular complexity index is 745. The Morgan fingerprint density at radius 3 is 2.38 bits per heavy atom. The molecule has 0 saturated heterocycles. The normalized spacial score (nSPS) is 10.5. The second-order valence-corrected chi connectivity index (χ2v) is 7.17. The average molecular weight is 418 g/mol. The van der Waals surface area contributed by atoms with Gasteiger partial charge in [-0.05, 0) is 49.6 Å². The third-order valence-corrected chi connectivity index (χ3v) is 4.47. The van der Waals surface area contributed by atoms with Crippen molar-refractivity contribution in [3.63, 3.8) is 0 Å². The van der Waals surface area contributed by atoms with Crippen LogP contribution in [0.25, 0.3) is 0 Å². The van der Waals surface area contributed by atoms with E-state index in [0.29, 0.717) is 25.1 Å². The lowest BCUT2D eigenvalue weighted by Crippen LogP contribution is -2.34. The predicted molar refractivity (Wildman–Crippen MR) is 108 cm³/mol. The van der Waals surface area contributed by atoms with Crippen LogP contribution >= 0.6 is 15.9 Å². The molecule has 6 heteroatoms. The fourth-order valence-corrected chi connectivity index (χ4v) is 2.86. The number of carbonyl (C=O) groups is 2. The van der Waals surface area contributed by atoms with Gasteiger partial charge in [-0.25, -0.2) is 4.79 Å². The summed E-state index contributed by atoms with van der Waals surface area (Å²) in [6, 6.07) is 15.2. The number of halogens is 1. The summed E-state index contributed by atoms with van der Waals surface area (Å²) in [6.45, 7) is 4.27. The third-order valence-electron chi connectivity index (χ3n) is 3.70. The van der Waals surface area contributed by atoms with Crippen molar-refractivity contribution in [1.82, 2.24) is 10.6 Å². The number of aryl methyl sites for hydroxylation is 1. The summed E-state index contributed by atoms with van der Waals surface area (Å²) < 4.78 is 1.03. The van der Waals surface area contributed by atoms with Crippen LogP contribution in [0.1, 0.15) is 31.4 Å². The summed E-state index contributed by atoms with van der Waals surface area (Å²) in [6.07, 6.45) is 1.14. The van der Waals surface area contributed by atoms with Crippen LogP contribution in [-0.2, 0) is 17.8 Å². The van der Waals surface area contributed by atoms with Gasteiger partial charge >= 0.3 is 6.03 Å². The number of nitrogens with one attached hydrogen (secondary N) is 3. The molecule has 2 rings (SSSR count). The standard InChI is InChI=1S/C20H24BrN3O2/c1-14(2)23-20(26)24-17-10-7-15(8-11-17)13-22-19(25)12-9-16-5-3-4-6-18(16)21/h3-8,10-11,14H,9,12-13H2,1-2H3,(H,22,25)(H2,23,24,26). The minimum Gasteiger partial charge on any atom is -0.352 e. The van der Waals surface area contributed by atoms with E-state index >= 15 is 0 Å². The van der Waals surface area contributed by atoms with Gasteiger partial charge in [0.25, 0.3) is 0 Å². The smallest absolute Gasteiger partial charge is 0.319 e. The zero-order valence-electron chi connectivity index (χ0n) is 15.0. The molecule has 2 aromatic carbocycles. The molecule has 26 heavy (non-hydrogen) atoms. The molecular weight excluding hydrogens is 394 g/mol. The van der Waals surface area contributed by atoms with E-state index in [4.69, 9.17) is 0 Å². The molecule has 0 fully saturated rings. The quantitative estimate of drug-likeness (QED) is 0.630. The Balaban J connectivity index is 1.76. The molecular formula is C20H24BrN3O2. The van der Waals surface area contributed by atoms with E-state index < -0.39 is 0 Å². The first-order valence-corrected chi connectivity index (χ1v) is 9.40. The number of anilines is 1. The van der Waals surface area contributed by atoms with Crippen molar-refractivity contribution >= 4 is 33.6 Å². The summed E-state index contributed by atoms with van der Waals surface area (Å²) >= 11 is 3.49. The van der Waals surface area contributed by atoms with Crippen molar-refractivity contribution < 1.29 is 9.59 Å². The molecule has 0 aliphatic heterocycles. The Labute approximate surface area is 162 Å².